The highest BCUT2D eigenvalue weighted by Gasteiger charge is 2.35. The van der Waals surface area contributed by atoms with Gasteiger partial charge >= 0.3 is 18.0 Å². The number of halogens is 4. The van der Waals surface area contributed by atoms with Crippen molar-refractivity contribution in [3.63, 3.8) is 0 Å². The van der Waals surface area contributed by atoms with E-state index in [-0.39, 0.29) is 10.2 Å². The van der Waals surface area contributed by atoms with Crippen molar-refractivity contribution in [2.24, 2.45) is 0 Å². The zero-order valence-corrected chi connectivity index (χ0v) is 11.9. The molecule has 0 N–H and O–H groups in total. The number of pyridine rings is 1. The highest BCUT2D eigenvalue weighted by Crippen LogP contribution is 2.30. The fourth-order valence-corrected chi connectivity index (χ4v) is 1.89. The van der Waals surface area contributed by atoms with Gasteiger partial charge in [-0.05, 0) is 29.5 Å². The van der Waals surface area contributed by atoms with Crippen LogP contribution in [0.3, 0.4) is 0 Å². The number of esters is 1. The lowest BCUT2D eigenvalue weighted by molar-refractivity contribution is -0.386. The molecule has 1 heterocycles. The van der Waals surface area contributed by atoms with Crippen molar-refractivity contribution in [2.75, 3.05) is 6.61 Å². The lowest BCUT2D eigenvalue weighted by Gasteiger charge is -2.10. The molecule has 0 radical (unpaired) electrons. The van der Waals surface area contributed by atoms with Crippen LogP contribution < -0.4 is 4.74 Å². The molecule has 110 valence electrons. The fourth-order valence-electron chi connectivity index (χ4n) is 1.17. The zero-order valence-electron chi connectivity index (χ0n) is 9.73. The maximum Gasteiger partial charge on any atom is 0.574 e. The minimum Gasteiger partial charge on any atom is -0.461 e. The highest BCUT2D eigenvalue weighted by atomic mass is 127. The molecule has 0 aliphatic carbocycles. The Balaban J connectivity index is 3.35. The number of ether oxygens (including phenoxy) is 2. The van der Waals surface area contributed by atoms with Crippen molar-refractivity contribution in [1.82, 2.24) is 4.98 Å². The summed E-state index contributed by atoms with van der Waals surface area (Å²) < 4.78 is 44.1. The van der Waals surface area contributed by atoms with Gasteiger partial charge in [0.25, 0.3) is 0 Å². The molecule has 0 atom stereocenters. The van der Waals surface area contributed by atoms with Crippen molar-refractivity contribution in [2.45, 2.75) is 13.3 Å². The third-order valence-corrected chi connectivity index (χ3v) is 2.62. The van der Waals surface area contributed by atoms with E-state index in [2.05, 4.69) is 14.5 Å². The molecule has 0 spiro atoms. The number of alkyl halides is 3. The summed E-state index contributed by atoms with van der Waals surface area (Å²) in [6.07, 6.45) is -5.03. The third-order valence-electron chi connectivity index (χ3n) is 1.79. The van der Waals surface area contributed by atoms with Crippen LogP contribution in [-0.4, -0.2) is 28.8 Å². The molecule has 0 unspecified atom stereocenters. The molecular weight excluding hydrogens is 400 g/mol. The number of nitrogens with zero attached hydrogens (tertiary/aromatic N) is 2. The maximum absolute atomic E-state index is 12.1. The van der Waals surface area contributed by atoms with Crippen LogP contribution in [0.15, 0.2) is 6.07 Å². The van der Waals surface area contributed by atoms with Crippen LogP contribution in [0.2, 0.25) is 0 Å². The predicted molar refractivity (Wildman–Crippen MR) is 66.2 cm³/mol. The Morgan fingerprint density at radius 2 is 2.15 bits per heavy atom. The quantitative estimate of drug-likeness (QED) is 0.331. The van der Waals surface area contributed by atoms with Gasteiger partial charge in [-0.25, -0.2) is 4.79 Å². The van der Waals surface area contributed by atoms with Gasteiger partial charge in [0.05, 0.1) is 15.1 Å². The molecule has 20 heavy (non-hydrogen) atoms. The Hall–Kier alpha value is -1.66. The van der Waals surface area contributed by atoms with Gasteiger partial charge in [0.2, 0.25) is 11.6 Å². The maximum atomic E-state index is 12.1. The van der Waals surface area contributed by atoms with E-state index in [1.54, 1.807) is 0 Å². The first-order valence-corrected chi connectivity index (χ1v) is 6.01. The number of hydrogen-bond donors (Lipinski definition) is 0. The van der Waals surface area contributed by atoms with Crippen LogP contribution in [0.5, 0.6) is 5.88 Å². The first kappa shape index (κ1) is 16.4. The van der Waals surface area contributed by atoms with Crippen molar-refractivity contribution >= 4 is 34.2 Å². The minimum atomic E-state index is -5.03. The summed E-state index contributed by atoms with van der Waals surface area (Å²) in [4.78, 5) is 24.6. The number of hydrogen-bond acceptors (Lipinski definition) is 6. The van der Waals surface area contributed by atoms with E-state index < -0.39 is 34.5 Å². The number of nitro groups is 1. The first-order chi connectivity index (χ1) is 9.15. The molecule has 0 bridgehead atoms. The Morgan fingerprint density at radius 3 is 2.60 bits per heavy atom. The highest BCUT2D eigenvalue weighted by molar-refractivity contribution is 14.1. The topological polar surface area (TPSA) is 91.6 Å². The molecular formula is C9H6F3IN2O5. The van der Waals surface area contributed by atoms with Gasteiger partial charge < -0.3 is 9.47 Å². The average molecular weight is 406 g/mol. The van der Waals surface area contributed by atoms with Crippen LogP contribution in [0.25, 0.3) is 0 Å². The summed E-state index contributed by atoms with van der Waals surface area (Å²) in [5, 5.41) is 10.8. The van der Waals surface area contributed by atoms with Crippen LogP contribution in [0.4, 0.5) is 18.9 Å². The van der Waals surface area contributed by atoms with Crippen LogP contribution in [-0.2, 0) is 4.74 Å². The fraction of sp³-hybridized carbons (Fsp3) is 0.333. The van der Waals surface area contributed by atoms with Crippen molar-refractivity contribution in [3.05, 3.63) is 25.4 Å². The lowest BCUT2D eigenvalue weighted by atomic mass is 10.3. The SMILES string of the molecule is CCOC(=O)c1nc(OC(F)(F)F)cc(I)c1[N+](=O)[O-]. The molecule has 0 saturated carbocycles. The molecule has 0 saturated heterocycles. The number of aromatic nitrogens is 1. The monoisotopic (exact) mass is 406 g/mol. The van der Waals surface area contributed by atoms with Gasteiger partial charge in [-0.15, -0.1) is 13.2 Å². The first-order valence-electron chi connectivity index (χ1n) is 4.93. The summed E-state index contributed by atoms with van der Waals surface area (Å²) in [5.74, 6) is -2.18. The molecule has 1 rings (SSSR count). The second kappa shape index (κ2) is 6.19. The van der Waals surface area contributed by atoms with E-state index in [1.165, 1.54) is 29.5 Å². The van der Waals surface area contributed by atoms with E-state index in [1.807, 2.05) is 0 Å². The summed E-state index contributed by atoms with van der Waals surface area (Å²) in [7, 11) is 0. The van der Waals surface area contributed by atoms with Gasteiger partial charge in [-0.1, -0.05) is 0 Å². The molecule has 1 aromatic heterocycles. The summed E-state index contributed by atoms with van der Waals surface area (Å²) in [6, 6.07) is 0.703. The van der Waals surface area contributed by atoms with Crippen LogP contribution in [0.1, 0.15) is 17.4 Å². The Morgan fingerprint density at radius 1 is 1.55 bits per heavy atom. The molecule has 7 nitrogen and oxygen atoms in total. The standard InChI is InChI=1S/C9H6F3IN2O5/c1-2-19-8(16)6-7(15(17)18)4(13)3-5(14-6)20-9(10,11)12/h3H,2H2,1H3. The van der Waals surface area contributed by atoms with Gasteiger partial charge in [-0.3, -0.25) is 10.1 Å². The van der Waals surface area contributed by atoms with Gasteiger partial charge in [0, 0.05) is 6.07 Å². The normalized spacial score (nSPS) is 11.1. The predicted octanol–water partition coefficient (Wildman–Crippen LogP) is 2.67. The van der Waals surface area contributed by atoms with Crippen molar-refractivity contribution in [3.8, 4) is 5.88 Å². The molecule has 0 aliphatic heterocycles. The second-order valence-electron chi connectivity index (χ2n) is 3.16. The van der Waals surface area contributed by atoms with Crippen molar-refractivity contribution < 1.29 is 32.4 Å². The smallest absolute Gasteiger partial charge is 0.461 e. The van der Waals surface area contributed by atoms with E-state index in [9.17, 15) is 28.1 Å². The number of carbonyl (C=O) groups is 1. The van der Waals surface area contributed by atoms with Gasteiger partial charge in [-0.2, -0.15) is 4.98 Å². The number of carbonyl (C=O) groups excluding carboxylic acids is 1. The van der Waals surface area contributed by atoms with Crippen LogP contribution >= 0.6 is 22.6 Å². The molecule has 0 aliphatic rings. The minimum absolute atomic E-state index is 0.112. The van der Waals surface area contributed by atoms with Crippen molar-refractivity contribution in [1.29, 1.82) is 0 Å². The summed E-state index contributed by atoms with van der Waals surface area (Å²) in [6.45, 7) is 1.32. The van der Waals surface area contributed by atoms with Gasteiger partial charge in [0.15, 0.2) is 0 Å². The zero-order chi connectivity index (χ0) is 15.5. The van der Waals surface area contributed by atoms with Gasteiger partial charge in [0.1, 0.15) is 0 Å². The molecule has 0 amide bonds. The second-order valence-corrected chi connectivity index (χ2v) is 4.33. The van der Waals surface area contributed by atoms with E-state index >= 15 is 0 Å². The Bertz CT molecular complexity index is 549. The third kappa shape index (κ3) is 4.18. The number of rotatable bonds is 4. The average Bonchev–Trinajstić information content (AvgIpc) is 2.25. The summed E-state index contributed by atoms with van der Waals surface area (Å²) >= 11 is 1.40. The van der Waals surface area contributed by atoms with E-state index in [0.717, 1.165) is 0 Å². The Kier molecular flexibility index (Phi) is 5.08. The molecule has 0 fully saturated rings. The van der Waals surface area contributed by atoms with E-state index in [0.29, 0.717) is 6.07 Å². The molecule has 0 aromatic carbocycles. The largest absolute Gasteiger partial charge is 0.574 e. The Labute approximate surface area is 123 Å². The summed E-state index contributed by atoms with van der Waals surface area (Å²) in [5.41, 5.74) is -1.58. The molecule has 11 heteroatoms. The van der Waals surface area contributed by atoms with Crippen LogP contribution in [0, 0.1) is 13.7 Å². The molecule has 1 aromatic rings. The lowest BCUT2D eigenvalue weighted by Crippen LogP contribution is -2.20. The van der Waals surface area contributed by atoms with E-state index in [4.69, 9.17) is 0 Å².